The van der Waals surface area contributed by atoms with Gasteiger partial charge in [-0.15, -0.1) is 11.6 Å². The number of hydrogen-bond acceptors (Lipinski definition) is 4. The number of halogens is 1. The third kappa shape index (κ3) is 1.63. The van der Waals surface area contributed by atoms with E-state index in [0.29, 0.717) is 0 Å². The summed E-state index contributed by atoms with van der Waals surface area (Å²) >= 11 is 5.63. The molecule has 0 saturated carbocycles. The van der Waals surface area contributed by atoms with Crippen molar-refractivity contribution < 1.29 is 14.9 Å². The van der Waals surface area contributed by atoms with Gasteiger partial charge in [-0.1, -0.05) is 5.11 Å². The average Bonchev–Trinajstić information content (AvgIpc) is 2.33. The summed E-state index contributed by atoms with van der Waals surface area (Å²) in [7, 11) is 0. The molecule has 68 valence electrons. The number of aliphatic hydroxyl groups excluding tert-OH is 2. The molecule has 12 heavy (non-hydrogen) atoms. The van der Waals surface area contributed by atoms with Crippen molar-refractivity contribution in [1.29, 1.82) is 0 Å². The summed E-state index contributed by atoms with van der Waals surface area (Å²) in [4.78, 5) is 2.49. The number of alkyl halides is 1. The molecule has 4 atom stereocenters. The van der Waals surface area contributed by atoms with Gasteiger partial charge in [0.05, 0.1) is 12.0 Å². The number of azide groups is 1. The summed E-state index contributed by atoms with van der Waals surface area (Å²) in [5.41, 5.74) is 8.07. The van der Waals surface area contributed by atoms with Crippen LogP contribution in [0.5, 0.6) is 0 Å². The van der Waals surface area contributed by atoms with Gasteiger partial charge in [0.15, 0.2) is 6.23 Å². The first-order chi connectivity index (χ1) is 5.70. The van der Waals surface area contributed by atoms with Crippen LogP contribution in [0.2, 0.25) is 0 Å². The van der Waals surface area contributed by atoms with Crippen LogP contribution >= 0.6 is 11.6 Å². The lowest BCUT2D eigenvalue weighted by Gasteiger charge is -2.09. The van der Waals surface area contributed by atoms with E-state index < -0.39 is 23.8 Å². The second-order valence-electron chi connectivity index (χ2n) is 2.39. The Kier molecular flexibility index (Phi) is 3.13. The van der Waals surface area contributed by atoms with E-state index in [0.717, 1.165) is 0 Å². The molecule has 2 N–H and O–H groups in total. The average molecular weight is 194 g/mol. The van der Waals surface area contributed by atoms with Gasteiger partial charge in [-0.05, 0) is 5.53 Å². The monoisotopic (exact) mass is 193 g/mol. The van der Waals surface area contributed by atoms with Crippen LogP contribution < -0.4 is 0 Å². The van der Waals surface area contributed by atoms with Crippen molar-refractivity contribution in [2.45, 2.75) is 23.8 Å². The molecule has 0 aromatic rings. The molecule has 0 aromatic heterocycles. The Morgan fingerprint density at radius 3 is 2.75 bits per heavy atom. The van der Waals surface area contributed by atoms with Crippen LogP contribution in [0, 0.1) is 0 Å². The second kappa shape index (κ2) is 3.93. The molecular weight excluding hydrogens is 186 g/mol. The van der Waals surface area contributed by atoms with Gasteiger partial charge in [0.2, 0.25) is 0 Å². The first kappa shape index (κ1) is 9.57. The molecular formula is C5H8ClN3O3. The molecule has 7 heteroatoms. The molecule has 1 saturated heterocycles. The molecule has 1 heterocycles. The van der Waals surface area contributed by atoms with Crippen molar-refractivity contribution in [2.75, 3.05) is 6.61 Å². The summed E-state index contributed by atoms with van der Waals surface area (Å²) < 4.78 is 4.92. The van der Waals surface area contributed by atoms with Gasteiger partial charge >= 0.3 is 0 Å². The van der Waals surface area contributed by atoms with E-state index in [9.17, 15) is 5.11 Å². The summed E-state index contributed by atoms with van der Waals surface area (Å²) in [6.07, 6.45) is -2.65. The van der Waals surface area contributed by atoms with Gasteiger partial charge < -0.3 is 14.9 Å². The summed E-state index contributed by atoms with van der Waals surface area (Å²) in [5, 5.41) is 20.3. The van der Waals surface area contributed by atoms with Gasteiger partial charge in [0.1, 0.15) is 12.2 Å². The van der Waals surface area contributed by atoms with Crippen LogP contribution in [0.15, 0.2) is 5.11 Å². The normalized spacial score (nSPS) is 40.9. The number of hydrogen-bond donors (Lipinski definition) is 2. The molecule has 0 unspecified atom stereocenters. The first-order valence-electron chi connectivity index (χ1n) is 3.33. The Morgan fingerprint density at radius 1 is 1.67 bits per heavy atom. The van der Waals surface area contributed by atoms with Gasteiger partial charge in [0.25, 0.3) is 0 Å². The minimum atomic E-state index is -0.993. The predicted octanol–water partition coefficient (Wildman–Crippen LogP) is -0.0178. The van der Waals surface area contributed by atoms with Crippen LogP contribution in [0.1, 0.15) is 0 Å². The maximum absolute atomic E-state index is 9.25. The molecule has 0 aromatic carbocycles. The number of aliphatic hydroxyl groups is 2. The van der Waals surface area contributed by atoms with Gasteiger partial charge in [-0.2, -0.15) is 0 Å². The molecule has 0 spiro atoms. The van der Waals surface area contributed by atoms with Crippen LogP contribution in [0.3, 0.4) is 0 Å². The molecule has 1 aliphatic heterocycles. The molecule has 0 radical (unpaired) electrons. The number of nitrogens with zero attached hydrogens (tertiary/aromatic N) is 3. The van der Waals surface area contributed by atoms with E-state index in [1.165, 1.54) is 0 Å². The minimum Gasteiger partial charge on any atom is -0.394 e. The van der Waals surface area contributed by atoms with Crippen molar-refractivity contribution in [2.24, 2.45) is 5.11 Å². The fourth-order valence-electron chi connectivity index (χ4n) is 1.00. The zero-order chi connectivity index (χ0) is 9.14. The lowest BCUT2D eigenvalue weighted by molar-refractivity contribution is -0.0198. The molecule has 1 fully saturated rings. The SMILES string of the molecule is [N-]=[N+]=N[C@@H]1O[C@H](CO)[C@@H](O)[C@@H]1Cl. The summed E-state index contributed by atoms with van der Waals surface area (Å²) in [5.74, 6) is 0. The van der Waals surface area contributed by atoms with Crippen LogP contribution in [-0.2, 0) is 4.74 Å². The molecule has 0 aliphatic carbocycles. The third-order valence-electron chi connectivity index (χ3n) is 1.64. The minimum absolute atomic E-state index is 0.345. The summed E-state index contributed by atoms with van der Waals surface area (Å²) in [6, 6.07) is 0. The van der Waals surface area contributed by atoms with Gasteiger partial charge in [-0.3, -0.25) is 0 Å². The highest BCUT2D eigenvalue weighted by Crippen LogP contribution is 2.26. The zero-order valence-electron chi connectivity index (χ0n) is 6.04. The molecule has 0 bridgehead atoms. The van der Waals surface area contributed by atoms with Crippen molar-refractivity contribution in [3.05, 3.63) is 10.4 Å². The Morgan fingerprint density at radius 2 is 2.33 bits per heavy atom. The Bertz CT molecular complexity index is 208. The van der Waals surface area contributed by atoms with E-state index in [-0.39, 0.29) is 6.61 Å². The lowest BCUT2D eigenvalue weighted by atomic mass is 10.2. The maximum Gasteiger partial charge on any atom is 0.156 e. The van der Waals surface area contributed by atoms with E-state index in [1.807, 2.05) is 0 Å². The van der Waals surface area contributed by atoms with Crippen molar-refractivity contribution in [1.82, 2.24) is 0 Å². The van der Waals surface area contributed by atoms with E-state index in [2.05, 4.69) is 10.0 Å². The third-order valence-corrected chi connectivity index (χ3v) is 2.11. The fourth-order valence-corrected chi connectivity index (χ4v) is 1.27. The predicted molar refractivity (Wildman–Crippen MR) is 40.5 cm³/mol. The maximum atomic E-state index is 9.25. The number of ether oxygens (including phenoxy) is 1. The Hall–Kier alpha value is -0.520. The fraction of sp³-hybridized carbons (Fsp3) is 1.00. The second-order valence-corrected chi connectivity index (χ2v) is 2.89. The highest BCUT2D eigenvalue weighted by Gasteiger charge is 2.41. The van der Waals surface area contributed by atoms with Gasteiger partial charge in [-0.25, -0.2) is 0 Å². The lowest BCUT2D eigenvalue weighted by Crippen LogP contribution is -2.29. The van der Waals surface area contributed by atoms with E-state index in [1.54, 1.807) is 0 Å². The van der Waals surface area contributed by atoms with Crippen LogP contribution in [0.4, 0.5) is 0 Å². The highest BCUT2D eigenvalue weighted by molar-refractivity contribution is 6.21. The molecule has 0 amide bonds. The largest absolute Gasteiger partial charge is 0.394 e. The van der Waals surface area contributed by atoms with Gasteiger partial charge in [0, 0.05) is 4.91 Å². The van der Waals surface area contributed by atoms with Crippen molar-refractivity contribution >= 4 is 11.6 Å². The molecule has 6 nitrogen and oxygen atoms in total. The zero-order valence-corrected chi connectivity index (χ0v) is 6.79. The van der Waals surface area contributed by atoms with E-state index >= 15 is 0 Å². The molecule has 1 aliphatic rings. The smallest absolute Gasteiger partial charge is 0.156 e. The van der Waals surface area contributed by atoms with Crippen LogP contribution in [-0.4, -0.2) is 40.6 Å². The van der Waals surface area contributed by atoms with Crippen molar-refractivity contribution in [3.63, 3.8) is 0 Å². The summed E-state index contributed by atoms with van der Waals surface area (Å²) in [6.45, 7) is -0.345. The quantitative estimate of drug-likeness (QED) is 0.279. The Labute approximate surface area is 73.3 Å². The van der Waals surface area contributed by atoms with E-state index in [4.69, 9.17) is 27.0 Å². The topological polar surface area (TPSA) is 98.5 Å². The highest BCUT2D eigenvalue weighted by atomic mass is 35.5. The molecule has 1 rings (SSSR count). The van der Waals surface area contributed by atoms with Crippen LogP contribution in [0.25, 0.3) is 10.4 Å². The first-order valence-corrected chi connectivity index (χ1v) is 3.77. The standard InChI is InChI=1S/C5H8ClN3O3/c6-3-4(11)2(1-10)12-5(3)8-9-7/h2-5,10-11H,1H2/t2-,3+,4-,5-/m1/s1. The van der Waals surface area contributed by atoms with Crippen molar-refractivity contribution in [3.8, 4) is 0 Å². The Balaban J connectivity index is 2.66. The number of rotatable bonds is 2.